The predicted molar refractivity (Wildman–Crippen MR) is 59.8 cm³/mol. The number of nitrogens with zero attached hydrogens (tertiary/aromatic N) is 4. The zero-order valence-corrected chi connectivity index (χ0v) is 9.82. The number of rotatable bonds is 4. The third kappa shape index (κ3) is 1.84. The first-order chi connectivity index (χ1) is 7.78. The number of hydrogen-bond donors (Lipinski definition) is 1. The molecule has 88 valence electrons. The van der Waals surface area contributed by atoms with Crippen LogP contribution in [0.2, 0.25) is 0 Å². The van der Waals surface area contributed by atoms with Crippen LogP contribution in [0.5, 0.6) is 0 Å². The maximum absolute atomic E-state index is 4.18. The molecule has 2 aliphatic rings. The molecule has 0 aliphatic heterocycles. The molecular formula is C11H19N5. The summed E-state index contributed by atoms with van der Waals surface area (Å²) in [7, 11) is 0. The lowest BCUT2D eigenvalue weighted by atomic mass is 10.0. The average Bonchev–Trinajstić information content (AvgIpc) is 2.79. The van der Waals surface area contributed by atoms with Crippen molar-refractivity contribution in [3.05, 3.63) is 5.82 Å². The Balaban J connectivity index is 1.75. The second-order valence-corrected chi connectivity index (χ2v) is 5.37. The first-order valence-corrected chi connectivity index (χ1v) is 6.29. The molecule has 5 nitrogen and oxygen atoms in total. The van der Waals surface area contributed by atoms with Gasteiger partial charge in [0, 0.05) is 6.04 Å². The predicted octanol–water partition coefficient (Wildman–Crippen LogP) is 1.21. The molecule has 3 rings (SSSR count). The normalized spacial score (nSPS) is 23.8. The van der Waals surface area contributed by atoms with Gasteiger partial charge < -0.3 is 5.32 Å². The Morgan fingerprint density at radius 1 is 1.38 bits per heavy atom. The Morgan fingerprint density at radius 2 is 2.12 bits per heavy atom. The summed E-state index contributed by atoms with van der Waals surface area (Å²) in [5.41, 5.74) is 0.157. The molecule has 2 aliphatic carbocycles. The number of tetrazole rings is 1. The van der Waals surface area contributed by atoms with Crippen molar-refractivity contribution in [2.45, 2.75) is 63.6 Å². The Bertz CT molecular complexity index is 362. The Morgan fingerprint density at radius 3 is 2.81 bits per heavy atom. The van der Waals surface area contributed by atoms with Crippen LogP contribution in [0.4, 0.5) is 0 Å². The van der Waals surface area contributed by atoms with E-state index in [2.05, 4.69) is 32.4 Å². The van der Waals surface area contributed by atoms with Crippen molar-refractivity contribution in [3.8, 4) is 0 Å². The van der Waals surface area contributed by atoms with Crippen LogP contribution in [0.3, 0.4) is 0 Å². The van der Waals surface area contributed by atoms with Gasteiger partial charge in [0.1, 0.15) is 0 Å². The van der Waals surface area contributed by atoms with Gasteiger partial charge in [0.2, 0.25) is 0 Å². The van der Waals surface area contributed by atoms with Gasteiger partial charge in [-0.25, -0.2) is 4.68 Å². The minimum absolute atomic E-state index is 0.157. The van der Waals surface area contributed by atoms with Gasteiger partial charge in [0.15, 0.2) is 5.82 Å². The lowest BCUT2D eigenvalue weighted by molar-refractivity contribution is 0.277. The molecule has 0 atom stereocenters. The first kappa shape index (κ1) is 10.2. The van der Waals surface area contributed by atoms with Gasteiger partial charge in [-0.15, -0.1) is 5.10 Å². The van der Waals surface area contributed by atoms with Crippen LogP contribution in [0.15, 0.2) is 0 Å². The van der Waals surface area contributed by atoms with Crippen molar-refractivity contribution in [2.24, 2.45) is 0 Å². The molecule has 1 aromatic heterocycles. The third-order valence-corrected chi connectivity index (χ3v) is 3.85. The van der Waals surface area contributed by atoms with E-state index in [-0.39, 0.29) is 5.54 Å². The van der Waals surface area contributed by atoms with Crippen molar-refractivity contribution in [3.63, 3.8) is 0 Å². The van der Waals surface area contributed by atoms with E-state index in [1.807, 2.05) is 0 Å². The van der Waals surface area contributed by atoms with Crippen molar-refractivity contribution in [2.75, 3.05) is 0 Å². The summed E-state index contributed by atoms with van der Waals surface area (Å²) >= 11 is 0. The maximum Gasteiger partial charge on any atom is 0.165 e. The van der Waals surface area contributed by atoms with Crippen LogP contribution in [0.1, 0.15) is 51.3 Å². The van der Waals surface area contributed by atoms with Crippen molar-refractivity contribution >= 4 is 0 Å². The van der Waals surface area contributed by atoms with E-state index in [4.69, 9.17) is 0 Å². The van der Waals surface area contributed by atoms with Crippen LogP contribution < -0.4 is 5.32 Å². The van der Waals surface area contributed by atoms with E-state index in [0.717, 1.165) is 12.4 Å². The number of nitrogens with one attached hydrogen (secondary N) is 1. The molecule has 1 N–H and O–H groups in total. The fourth-order valence-corrected chi connectivity index (χ4v) is 2.61. The minimum atomic E-state index is 0.157. The van der Waals surface area contributed by atoms with Crippen molar-refractivity contribution in [1.29, 1.82) is 0 Å². The third-order valence-electron chi connectivity index (χ3n) is 3.85. The SMILES string of the molecule is CC1(n2nnnc2CNC2CC2)CCCC1. The average molecular weight is 221 g/mol. The van der Waals surface area contributed by atoms with Gasteiger partial charge in [-0.05, 0) is 43.0 Å². The number of hydrogen-bond acceptors (Lipinski definition) is 4. The second kappa shape index (κ2) is 3.80. The molecule has 0 saturated heterocycles. The van der Waals surface area contributed by atoms with Gasteiger partial charge >= 0.3 is 0 Å². The molecule has 0 amide bonds. The quantitative estimate of drug-likeness (QED) is 0.830. The van der Waals surface area contributed by atoms with E-state index in [1.165, 1.54) is 38.5 Å². The summed E-state index contributed by atoms with van der Waals surface area (Å²) in [5, 5.41) is 15.6. The topological polar surface area (TPSA) is 55.6 Å². The van der Waals surface area contributed by atoms with E-state index >= 15 is 0 Å². The smallest absolute Gasteiger partial charge is 0.165 e. The highest BCUT2D eigenvalue weighted by Gasteiger charge is 2.34. The maximum atomic E-state index is 4.18. The molecule has 0 radical (unpaired) electrons. The molecule has 0 unspecified atom stereocenters. The monoisotopic (exact) mass is 221 g/mol. The molecule has 2 saturated carbocycles. The largest absolute Gasteiger partial charge is 0.307 e. The van der Waals surface area contributed by atoms with Crippen LogP contribution in [0, 0.1) is 0 Å². The summed E-state index contributed by atoms with van der Waals surface area (Å²) in [4.78, 5) is 0. The fourth-order valence-electron chi connectivity index (χ4n) is 2.61. The van der Waals surface area contributed by atoms with E-state index in [9.17, 15) is 0 Å². The van der Waals surface area contributed by atoms with Crippen LogP contribution in [-0.4, -0.2) is 26.2 Å². The fraction of sp³-hybridized carbons (Fsp3) is 0.909. The highest BCUT2D eigenvalue weighted by molar-refractivity contribution is 4.94. The molecular weight excluding hydrogens is 202 g/mol. The van der Waals surface area contributed by atoms with Crippen LogP contribution in [-0.2, 0) is 12.1 Å². The molecule has 16 heavy (non-hydrogen) atoms. The highest BCUT2D eigenvalue weighted by Crippen LogP contribution is 2.35. The van der Waals surface area contributed by atoms with Gasteiger partial charge in [-0.3, -0.25) is 0 Å². The molecule has 2 fully saturated rings. The first-order valence-electron chi connectivity index (χ1n) is 6.29. The highest BCUT2D eigenvalue weighted by atomic mass is 15.6. The summed E-state index contributed by atoms with van der Waals surface area (Å²) in [6.45, 7) is 3.09. The molecule has 1 heterocycles. The van der Waals surface area contributed by atoms with Gasteiger partial charge in [-0.1, -0.05) is 12.8 Å². The van der Waals surface area contributed by atoms with E-state index in [0.29, 0.717) is 6.04 Å². The molecule has 0 spiro atoms. The minimum Gasteiger partial charge on any atom is -0.307 e. The number of aromatic nitrogens is 4. The Labute approximate surface area is 95.6 Å². The van der Waals surface area contributed by atoms with E-state index < -0.39 is 0 Å². The Hall–Kier alpha value is -0.970. The van der Waals surface area contributed by atoms with Crippen molar-refractivity contribution < 1.29 is 0 Å². The Kier molecular flexibility index (Phi) is 2.42. The molecule has 5 heteroatoms. The van der Waals surface area contributed by atoms with Gasteiger partial charge in [0.25, 0.3) is 0 Å². The summed E-state index contributed by atoms with van der Waals surface area (Å²) in [6.07, 6.45) is 7.61. The zero-order valence-electron chi connectivity index (χ0n) is 9.82. The summed E-state index contributed by atoms with van der Waals surface area (Å²) < 4.78 is 2.05. The lowest BCUT2D eigenvalue weighted by Gasteiger charge is -2.24. The van der Waals surface area contributed by atoms with E-state index in [1.54, 1.807) is 0 Å². The van der Waals surface area contributed by atoms with Crippen LogP contribution >= 0.6 is 0 Å². The molecule has 1 aromatic rings. The zero-order chi connectivity index (χ0) is 11.0. The summed E-state index contributed by atoms with van der Waals surface area (Å²) in [5.74, 6) is 0.997. The standard InChI is InChI=1S/C11H19N5/c1-11(6-2-3-7-11)16-10(13-14-15-16)8-12-9-4-5-9/h9,12H,2-8H2,1H3. The second-order valence-electron chi connectivity index (χ2n) is 5.37. The van der Waals surface area contributed by atoms with Crippen molar-refractivity contribution in [1.82, 2.24) is 25.5 Å². The molecule has 0 bridgehead atoms. The van der Waals surface area contributed by atoms with Crippen LogP contribution in [0.25, 0.3) is 0 Å². The van der Waals surface area contributed by atoms with Gasteiger partial charge in [-0.2, -0.15) is 0 Å². The lowest BCUT2D eigenvalue weighted by Crippen LogP contribution is -2.31. The summed E-state index contributed by atoms with van der Waals surface area (Å²) in [6, 6.07) is 0.710. The van der Waals surface area contributed by atoms with Gasteiger partial charge in [0.05, 0.1) is 12.1 Å². The molecule has 0 aromatic carbocycles.